The predicted molar refractivity (Wildman–Crippen MR) is 90.5 cm³/mol. The van der Waals surface area contributed by atoms with E-state index in [9.17, 15) is 9.59 Å². The van der Waals surface area contributed by atoms with E-state index in [4.69, 9.17) is 16.7 Å². The molecule has 0 radical (unpaired) electrons. The first kappa shape index (κ1) is 17.8. The molecule has 1 amide bonds. The second kappa shape index (κ2) is 7.82. The van der Waals surface area contributed by atoms with Gasteiger partial charge in [0.2, 0.25) is 5.91 Å². The second-order valence-corrected chi connectivity index (χ2v) is 7.09. The first-order valence-electron chi connectivity index (χ1n) is 8.13. The fourth-order valence-electron chi connectivity index (χ4n) is 2.72. The third-order valence-corrected chi connectivity index (χ3v) is 4.47. The molecule has 4 nitrogen and oxygen atoms in total. The van der Waals surface area contributed by atoms with E-state index in [1.807, 2.05) is 24.3 Å². The van der Waals surface area contributed by atoms with Gasteiger partial charge in [-0.05, 0) is 42.9 Å². The Balaban J connectivity index is 1.89. The summed E-state index contributed by atoms with van der Waals surface area (Å²) in [5.41, 5.74) is 1.16. The minimum atomic E-state index is -0.849. The Morgan fingerprint density at radius 1 is 1.26 bits per heavy atom. The van der Waals surface area contributed by atoms with Gasteiger partial charge in [0, 0.05) is 24.0 Å². The summed E-state index contributed by atoms with van der Waals surface area (Å²) in [6.45, 7) is 4.02. The van der Waals surface area contributed by atoms with E-state index in [0.717, 1.165) is 24.8 Å². The summed E-state index contributed by atoms with van der Waals surface area (Å²) in [7, 11) is 0. The van der Waals surface area contributed by atoms with Crippen molar-refractivity contribution in [2.45, 2.75) is 45.6 Å². The Morgan fingerprint density at radius 2 is 1.87 bits per heavy atom. The summed E-state index contributed by atoms with van der Waals surface area (Å²) in [4.78, 5) is 25.4. The number of carboxylic acids is 1. The summed E-state index contributed by atoms with van der Waals surface area (Å²) in [6.07, 6.45) is 3.24. The molecule has 1 aromatic carbocycles. The van der Waals surface area contributed by atoms with Crippen molar-refractivity contribution in [1.29, 1.82) is 0 Å². The maximum Gasteiger partial charge on any atom is 0.308 e. The highest BCUT2D eigenvalue weighted by atomic mass is 35.5. The molecule has 23 heavy (non-hydrogen) atoms. The molecular weight excluding hydrogens is 314 g/mol. The molecule has 0 aromatic heterocycles. The largest absolute Gasteiger partial charge is 0.481 e. The number of hydrogen-bond acceptors (Lipinski definition) is 2. The van der Waals surface area contributed by atoms with Crippen LogP contribution in [0.5, 0.6) is 0 Å². The standard InChI is InChI=1S/C18H24ClNO3/c1-12(9-14-3-5-15(19)6-4-14)10-17(21)20(16-7-8-16)11-13(2)18(22)23/h3-6,12-13,16H,7-11H2,1-2H3,(H,22,23). The van der Waals surface area contributed by atoms with E-state index in [-0.39, 0.29) is 17.9 Å². The number of hydrogen-bond donors (Lipinski definition) is 1. The van der Waals surface area contributed by atoms with Crippen LogP contribution in [-0.2, 0) is 16.0 Å². The molecule has 2 unspecified atom stereocenters. The number of aliphatic carboxylic acids is 1. The summed E-state index contributed by atoms with van der Waals surface area (Å²) in [5.74, 6) is -1.09. The molecule has 126 valence electrons. The van der Waals surface area contributed by atoms with E-state index in [0.29, 0.717) is 18.0 Å². The van der Waals surface area contributed by atoms with Crippen molar-refractivity contribution in [3.63, 3.8) is 0 Å². The van der Waals surface area contributed by atoms with Crippen molar-refractivity contribution in [2.24, 2.45) is 11.8 Å². The SMILES string of the molecule is CC(CC(=O)N(CC(C)C(=O)O)C1CC1)Cc1ccc(Cl)cc1. The summed E-state index contributed by atoms with van der Waals surface area (Å²) >= 11 is 5.88. The summed E-state index contributed by atoms with van der Waals surface area (Å²) in [6, 6.07) is 7.92. The van der Waals surface area contributed by atoms with Crippen LogP contribution in [0.15, 0.2) is 24.3 Å². The number of carboxylic acid groups (broad SMARTS) is 1. The maximum absolute atomic E-state index is 12.5. The maximum atomic E-state index is 12.5. The van der Waals surface area contributed by atoms with Gasteiger partial charge in [-0.1, -0.05) is 37.6 Å². The highest BCUT2D eigenvalue weighted by Gasteiger charge is 2.34. The summed E-state index contributed by atoms with van der Waals surface area (Å²) < 4.78 is 0. The molecule has 2 atom stereocenters. The molecule has 1 N–H and O–H groups in total. The van der Waals surface area contributed by atoms with Gasteiger partial charge in [0.05, 0.1) is 5.92 Å². The van der Waals surface area contributed by atoms with Gasteiger partial charge in [0.15, 0.2) is 0 Å². The number of benzene rings is 1. The van der Waals surface area contributed by atoms with Gasteiger partial charge in [-0.3, -0.25) is 9.59 Å². The molecule has 1 aromatic rings. The molecule has 1 aliphatic rings. The van der Waals surface area contributed by atoms with E-state index in [1.54, 1.807) is 11.8 Å². The van der Waals surface area contributed by atoms with Crippen LogP contribution in [0.25, 0.3) is 0 Å². The van der Waals surface area contributed by atoms with Gasteiger partial charge in [-0.25, -0.2) is 0 Å². The van der Waals surface area contributed by atoms with E-state index in [1.165, 1.54) is 0 Å². The smallest absolute Gasteiger partial charge is 0.308 e. The van der Waals surface area contributed by atoms with Crippen molar-refractivity contribution in [1.82, 2.24) is 4.90 Å². The molecule has 1 saturated carbocycles. The number of carbonyl (C=O) groups is 2. The lowest BCUT2D eigenvalue weighted by atomic mass is 9.97. The van der Waals surface area contributed by atoms with Gasteiger partial charge in [0.1, 0.15) is 0 Å². The number of amides is 1. The summed E-state index contributed by atoms with van der Waals surface area (Å²) in [5, 5.41) is 9.77. The van der Waals surface area contributed by atoms with Crippen molar-refractivity contribution < 1.29 is 14.7 Å². The van der Waals surface area contributed by atoms with Crippen molar-refractivity contribution in [2.75, 3.05) is 6.54 Å². The van der Waals surface area contributed by atoms with Crippen LogP contribution in [-0.4, -0.2) is 34.5 Å². The first-order valence-corrected chi connectivity index (χ1v) is 8.51. The number of halogens is 1. The molecule has 5 heteroatoms. The second-order valence-electron chi connectivity index (χ2n) is 6.66. The van der Waals surface area contributed by atoms with Crippen LogP contribution < -0.4 is 0 Å². The number of carbonyl (C=O) groups excluding carboxylic acids is 1. The van der Waals surface area contributed by atoms with Crippen LogP contribution in [0.3, 0.4) is 0 Å². The molecule has 0 bridgehead atoms. The van der Waals surface area contributed by atoms with Gasteiger partial charge in [-0.2, -0.15) is 0 Å². The number of nitrogens with zero attached hydrogens (tertiary/aromatic N) is 1. The van der Waals surface area contributed by atoms with Crippen LogP contribution in [0, 0.1) is 11.8 Å². The molecule has 1 fully saturated rings. The molecular formula is C18H24ClNO3. The Bertz CT molecular complexity index is 554. The van der Waals surface area contributed by atoms with Crippen molar-refractivity contribution in [3.8, 4) is 0 Å². The quantitative estimate of drug-likeness (QED) is 0.788. The average Bonchev–Trinajstić information content (AvgIpc) is 3.31. The zero-order valence-electron chi connectivity index (χ0n) is 13.7. The van der Waals surface area contributed by atoms with Gasteiger partial charge in [-0.15, -0.1) is 0 Å². The minimum Gasteiger partial charge on any atom is -0.481 e. The highest BCUT2D eigenvalue weighted by molar-refractivity contribution is 6.30. The van der Waals surface area contributed by atoms with E-state index in [2.05, 4.69) is 6.92 Å². The van der Waals surface area contributed by atoms with Gasteiger partial charge < -0.3 is 10.0 Å². The third kappa shape index (κ3) is 5.54. The zero-order valence-corrected chi connectivity index (χ0v) is 14.4. The average molecular weight is 338 g/mol. The van der Waals surface area contributed by atoms with Crippen LogP contribution in [0.2, 0.25) is 5.02 Å². The van der Waals surface area contributed by atoms with E-state index >= 15 is 0 Å². The Kier molecular flexibility index (Phi) is 6.05. The van der Waals surface area contributed by atoms with Crippen LogP contribution in [0.1, 0.15) is 38.7 Å². The van der Waals surface area contributed by atoms with Crippen LogP contribution >= 0.6 is 11.6 Å². The van der Waals surface area contributed by atoms with Gasteiger partial charge in [0.25, 0.3) is 0 Å². The molecule has 0 heterocycles. The molecule has 1 aliphatic carbocycles. The molecule has 0 saturated heterocycles. The minimum absolute atomic E-state index is 0.0714. The monoisotopic (exact) mass is 337 g/mol. The van der Waals surface area contributed by atoms with Gasteiger partial charge >= 0.3 is 5.97 Å². The Hall–Kier alpha value is -1.55. The fraction of sp³-hybridized carbons (Fsp3) is 0.556. The topological polar surface area (TPSA) is 57.6 Å². The fourth-order valence-corrected chi connectivity index (χ4v) is 2.85. The van der Waals surface area contributed by atoms with E-state index < -0.39 is 11.9 Å². The molecule has 0 spiro atoms. The lowest BCUT2D eigenvalue weighted by Gasteiger charge is -2.26. The predicted octanol–water partition coefficient (Wildman–Crippen LogP) is 3.62. The normalized spacial score (nSPS) is 16.7. The lowest BCUT2D eigenvalue weighted by molar-refractivity contribution is -0.143. The Morgan fingerprint density at radius 3 is 2.39 bits per heavy atom. The lowest BCUT2D eigenvalue weighted by Crippen LogP contribution is -2.39. The zero-order chi connectivity index (χ0) is 17.0. The number of rotatable bonds is 8. The van der Waals surface area contributed by atoms with Crippen molar-refractivity contribution in [3.05, 3.63) is 34.9 Å². The van der Waals surface area contributed by atoms with Crippen molar-refractivity contribution >= 4 is 23.5 Å². The first-order chi connectivity index (χ1) is 10.9. The molecule has 0 aliphatic heterocycles. The Labute approximate surface area is 142 Å². The van der Waals surface area contributed by atoms with Crippen LogP contribution in [0.4, 0.5) is 0 Å². The third-order valence-electron chi connectivity index (χ3n) is 4.22. The molecule has 2 rings (SSSR count). The highest BCUT2D eigenvalue weighted by Crippen LogP contribution is 2.29.